The monoisotopic (exact) mass is 482 g/mol. The van der Waals surface area contributed by atoms with E-state index in [0.29, 0.717) is 0 Å². The smallest absolute Gasteiger partial charge is 0.736 e. The molecule has 0 aliphatic heterocycles. The van der Waals surface area contributed by atoms with Crippen molar-refractivity contribution in [3.05, 3.63) is 0 Å². The first-order valence-electron chi connectivity index (χ1n) is 2.94. The third-order valence-electron chi connectivity index (χ3n) is 0. The Morgan fingerprint density at radius 2 is 0.429 bits per heavy atom. The predicted molar refractivity (Wildman–Crippen MR) is 55.5 cm³/mol. The molecule has 0 aromatic carbocycles. The van der Waals surface area contributed by atoms with Gasteiger partial charge in [-0.05, 0) is 0 Å². The van der Waals surface area contributed by atoms with Gasteiger partial charge in [0.2, 0.25) is 0 Å². The third kappa shape index (κ3) is 235000. The molecule has 0 atom stereocenters. The predicted octanol–water partition coefficient (Wildman–Crippen LogP) is -6.38. The van der Waals surface area contributed by atoms with E-state index in [1.165, 1.54) is 0 Å². The van der Waals surface area contributed by atoms with Gasteiger partial charge in [-0.15, -0.1) is 0 Å². The summed E-state index contributed by atoms with van der Waals surface area (Å²) in [5.74, 6) is 0. The average molecular weight is 480 g/mol. The zero-order chi connectivity index (χ0) is 18.0. The first kappa shape index (κ1) is 32.9. The van der Waals surface area contributed by atoms with Crippen molar-refractivity contribution in [3.8, 4) is 0 Å². The Hall–Kier alpha value is 0.168. The maximum atomic E-state index is 8.85. The van der Waals surface area contributed by atoms with Gasteiger partial charge < -0.3 is 18.2 Å². The van der Waals surface area contributed by atoms with Gasteiger partial charge in [0.1, 0.15) is 0 Å². The van der Waals surface area contributed by atoms with E-state index in [1.807, 2.05) is 0 Å². The van der Waals surface area contributed by atoms with Crippen LogP contribution in [0.2, 0.25) is 0 Å². The largest absolute Gasteiger partial charge is 4.00 e. The molecule has 130 valence electrons. The van der Waals surface area contributed by atoms with E-state index in [1.54, 1.807) is 0 Å². The summed E-state index contributed by atoms with van der Waals surface area (Å²) in [6, 6.07) is 0. The summed E-state index contributed by atoms with van der Waals surface area (Å²) < 4.78 is 106. The molecule has 0 spiro atoms. The summed E-state index contributed by atoms with van der Waals surface area (Å²) in [5.41, 5.74) is 0. The normalized spacial score (nSPS) is 11.0. The van der Waals surface area contributed by atoms with Gasteiger partial charge in [0.05, 0.1) is 0 Å². The van der Waals surface area contributed by atoms with Crippen LogP contribution in [-0.2, 0) is 62.3 Å². The van der Waals surface area contributed by atoms with Crippen molar-refractivity contribution >= 4 is 41.2 Å². The Labute approximate surface area is 134 Å². The van der Waals surface area contributed by atoms with Crippen molar-refractivity contribution in [2.24, 2.45) is 20.6 Å². The molecule has 0 aliphatic rings. The van der Waals surface area contributed by atoms with Crippen molar-refractivity contribution in [2.75, 3.05) is 0 Å². The minimum absolute atomic E-state index is 0. The Kier molecular flexibility index (Phi) is 19.9. The van der Waals surface area contributed by atoms with E-state index in [4.69, 9.17) is 51.9 Å². The molecular formula is H8MoN4O12S4. The fourth-order valence-electron chi connectivity index (χ4n) is 0. The Bertz CT molecular complexity index is 486. The second-order valence-electron chi connectivity index (χ2n) is 1.97. The van der Waals surface area contributed by atoms with E-state index in [0.717, 1.165) is 0 Å². The molecule has 0 unspecified atom stereocenters. The summed E-state index contributed by atoms with van der Waals surface area (Å²) in [7, 11) is -17.7. The van der Waals surface area contributed by atoms with Crippen molar-refractivity contribution in [3.63, 3.8) is 0 Å². The van der Waals surface area contributed by atoms with Crippen LogP contribution in [0.5, 0.6) is 0 Å². The molecule has 21 heavy (non-hydrogen) atoms. The van der Waals surface area contributed by atoms with Gasteiger partial charge in [-0.25, -0.2) is 54.2 Å². The van der Waals surface area contributed by atoms with Gasteiger partial charge in [-0.3, -0.25) is 0 Å². The van der Waals surface area contributed by atoms with Gasteiger partial charge in [-0.2, -0.15) is 0 Å². The minimum Gasteiger partial charge on any atom is -0.736 e. The molecule has 0 aromatic rings. The molecule has 0 rings (SSSR count). The summed E-state index contributed by atoms with van der Waals surface area (Å²) in [6.45, 7) is 0. The second-order valence-corrected chi connectivity index (χ2v) is 5.91. The van der Waals surface area contributed by atoms with Crippen LogP contribution in [0.15, 0.2) is 0 Å². The minimum atomic E-state index is -4.42. The first-order valence-corrected chi connectivity index (χ1v) is 8.83. The molecule has 0 aromatic heterocycles. The Morgan fingerprint density at radius 1 is 0.429 bits per heavy atom. The van der Waals surface area contributed by atoms with Crippen molar-refractivity contribution in [2.45, 2.75) is 0 Å². The average Bonchev–Trinajstić information content (AvgIpc) is 1.62. The zero-order valence-corrected chi connectivity index (χ0v) is 14.5. The second kappa shape index (κ2) is 12.7. The van der Waals surface area contributed by atoms with Crippen molar-refractivity contribution in [1.29, 1.82) is 0 Å². The standard InChI is InChI=1S/Mo.4H3NO3S/c;4*1-5(2,3)4/h;4*(H3,1,2,3,4)/q+4;;;;/p-4. The zero-order valence-electron chi connectivity index (χ0n) is 9.25. The number of hydrogen-bond donors (Lipinski definition) is 4. The third-order valence-corrected chi connectivity index (χ3v) is 0. The first-order chi connectivity index (χ1) is 8.00. The maximum Gasteiger partial charge on any atom is 4.00 e. The Morgan fingerprint density at radius 3 is 0.429 bits per heavy atom. The van der Waals surface area contributed by atoms with Crippen LogP contribution >= 0.6 is 0 Å². The van der Waals surface area contributed by atoms with Crippen LogP contribution in [0.25, 0.3) is 0 Å². The van der Waals surface area contributed by atoms with Crippen LogP contribution in [0.1, 0.15) is 0 Å². The van der Waals surface area contributed by atoms with Gasteiger partial charge in [-0.1, -0.05) is 0 Å². The summed E-state index contributed by atoms with van der Waals surface area (Å²) in [6.07, 6.45) is 0. The fourth-order valence-corrected chi connectivity index (χ4v) is 0. The molecule has 0 heterocycles. The van der Waals surface area contributed by atoms with Gasteiger partial charge in [0.15, 0.2) is 41.2 Å². The molecule has 8 N–H and O–H groups in total. The fraction of sp³-hybridized carbons (Fsp3) is 0. The SMILES string of the molecule is NS(=O)(=O)[O-].NS(=O)(=O)[O-].NS(=O)(=O)[O-].NS(=O)(=O)[O-].[Mo+4]. The number of rotatable bonds is 0. The molecular weight excluding hydrogens is 472 g/mol. The van der Waals surface area contributed by atoms with E-state index in [9.17, 15) is 0 Å². The van der Waals surface area contributed by atoms with Crippen LogP contribution in [0.4, 0.5) is 0 Å². The van der Waals surface area contributed by atoms with Crippen LogP contribution in [0, 0.1) is 0 Å². The van der Waals surface area contributed by atoms with E-state index < -0.39 is 41.2 Å². The van der Waals surface area contributed by atoms with E-state index in [2.05, 4.69) is 20.6 Å². The summed E-state index contributed by atoms with van der Waals surface area (Å²) in [5, 5.41) is 15.1. The van der Waals surface area contributed by atoms with Crippen LogP contribution in [0.3, 0.4) is 0 Å². The number of hydrogen-bond acceptors (Lipinski definition) is 12. The molecule has 0 aliphatic carbocycles. The van der Waals surface area contributed by atoms with Gasteiger partial charge in [0.25, 0.3) is 0 Å². The quantitative estimate of drug-likeness (QED) is 0.186. The molecule has 0 saturated carbocycles. The molecule has 0 radical (unpaired) electrons. The molecule has 21 heteroatoms. The molecule has 0 bridgehead atoms. The van der Waals surface area contributed by atoms with Gasteiger partial charge >= 0.3 is 21.1 Å². The molecule has 16 nitrogen and oxygen atoms in total. The van der Waals surface area contributed by atoms with Crippen molar-refractivity contribution in [1.82, 2.24) is 0 Å². The van der Waals surface area contributed by atoms with Crippen molar-refractivity contribution < 1.29 is 72.9 Å². The van der Waals surface area contributed by atoms with E-state index >= 15 is 0 Å². The van der Waals surface area contributed by atoms with Crippen LogP contribution in [-0.4, -0.2) is 51.9 Å². The topological polar surface area (TPSA) is 333 Å². The Balaban J connectivity index is -0.0000000533. The van der Waals surface area contributed by atoms with Crippen LogP contribution < -0.4 is 20.6 Å². The maximum absolute atomic E-state index is 8.85. The summed E-state index contributed by atoms with van der Waals surface area (Å²) >= 11 is 0. The number of nitrogens with two attached hydrogens (primary N) is 4. The van der Waals surface area contributed by atoms with E-state index in [-0.39, 0.29) is 21.1 Å². The molecule has 0 saturated heterocycles. The molecule has 0 fully saturated rings. The molecule has 0 amide bonds. The summed E-state index contributed by atoms with van der Waals surface area (Å²) in [4.78, 5) is 0. The van der Waals surface area contributed by atoms with Gasteiger partial charge in [0, 0.05) is 0 Å².